The van der Waals surface area contributed by atoms with Gasteiger partial charge in [0.2, 0.25) is 0 Å². The van der Waals surface area contributed by atoms with Gasteiger partial charge in [-0.25, -0.2) is 0 Å². The Morgan fingerprint density at radius 1 is 1.08 bits per heavy atom. The Balaban J connectivity index is 2.16. The van der Waals surface area contributed by atoms with E-state index in [2.05, 4.69) is 31.9 Å². The van der Waals surface area contributed by atoms with Crippen LogP contribution in [0.4, 0.5) is 5.69 Å². The van der Waals surface area contributed by atoms with E-state index in [-0.39, 0.29) is 17.1 Å². The molecule has 2 aromatic carbocycles. The van der Waals surface area contributed by atoms with Gasteiger partial charge in [0, 0.05) is 14.5 Å². The van der Waals surface area contributed by atoms with Crippen LogP contribution >= 0.6 is 31.9 Å². The minimum absolute atomic E-state index is 0.156. The van der Waals surface area contributed by atoms with Crippen molar-refractivity contribution in [3.8, 4) is 12.1 Å². The molecule has 1 aliphatic rings. The van der Waals surface area contributed by atoms with Crippen molar-refractivity contribution in [3.63, 3.8) is 0 Å². The summed E-state index contributed by atoms with van der Waals surface area (Å²) in [5, 5.41) is 18.4. The van der Waals surface area contributed by atoms with Crippen molar-refractivity contribution in [2.24, 2.45) is 0 Å². The van der Waals surface area contributed by atoms with E-state index in [1.54, 1.807) is 11.0 Å². The summed E-state index contributed by atoms with van der Waals surface area (Å²) in [4.78, 5) is 14.5. The van der Waals surface area contributed by atoms with E-state index in [0.29, 0.717) is 17.8 Å². The molecule has 0 fully saturated rings. The molecule has 2 aromatic rings. The molecule has 1 amide bonds. The van der Waals surface area contributed by atoms with Crippen LogP contribution in [0.3, 0.4) is 0 Å². The maximum Gasteiger partial charge on any atom is 0.261 e. The van der Waals surface area contributed by atoms with Crippen LogP contribution in [0, 0.1) is 22.7 Å². The lowest BCUT2D eigenvalue weighted by molar-refractivity contribution is -0.113. The summed E-state index contributed by atoms with van der Waals surface area (Å²) in [6.07, 6.45) is 0. The van der Waals surface area contributed by atoms with Gasteiger partial charge in [-0.2, -0.15) is 10.5 Å². The number of halogens is 2. The lowest BCUT2D eigenvalue weighted by Crippen LogP contribution is -2.26. The van der Waals surface area contributed by atoms with Crippen molar-refractivity contribution >= 4 is 49.0 Å². The zero-order chi connectivity index (χ0) is 17.3. The molecule has 24 heavy (non-hydrogen) atoms. The van der Waals surface area contributed by atoms with Crippen LogP contribution in [-0.4, -0.2) is 5.91 Å². The van der Waals surface area contributed by atoms with Gasteiger partial charge in [0.05, 0.1) is 17.8 Å². The number of allylic oxidation sites excluding steroid dienone is 1. The van der Waals surface area contributed by atoms with E-state index >= 15 is 0 Å². The van der Waals surface area contributed by atoms with E-state index in [0.717, 1.165) is 14.5 Å². The van der Waals surface area contributed by atoms with Crippen LogP contribution in [0.5, 0.6) is 0 Å². The van der Waals surface area contributed by atoms with Gasteiger partial charge in [0.15, 0.2) is 0 Å². The Bertz CT molecular complexity index is 951. The van der Waals surface area contributed by atoms with Gasteiger partial charge < -0.3 is 4.90 Å². The molecule has 3 rings (SSSR count). The van der Waals surface area contributed by atoms with E-state index in [1.807, 2.05) is 48.5 Å². The fourth-order valence-electron chi connectivity index (χ4n) is 2.64. The van der Waals surface area contributed by atoms with Gasteiger partial charge in [0.1, 0.15) is 17.7 Å². The third-order valence-electron chi connectivity index (χ3n) is 3.74. The number of nitrogens with zero attached hydrogens (tertiary/aromatic N) is 3. The standard InChI is InChI=1S/C18H9Br2N3O/c19-13-5-6-16-14(7-13)17(12(8-21)9-22)18(24)23(16)10-11-3-1-2-4-15(11)20/h1-7H,10H2. The molecule has 0 saturated carbocycles. The Hall–Kier alpha value is -2.41. The van der Waals surface area contributed by atoms with Crippen LogP contribution < -0.4 is 4.90 Å². The maximum atomic E-state index is 12.9. The molecular weight excluding hydrogens is 434 g/mol. The lowest BCUT2D eigenvalue weighted by atomic mass is 10.0. The number of carbonyl (C=O) groups excluding carboxylic acids is 1. The average Bonchev–Trinajstić information content (AvgIpc) is 2.83. The summed E-state index contributed by atoms with van der Waals surface area (Å²) in [5.41, 5.74) is 2.21. The molecular formula is C18H9Br2N3O. The molecule has 0 aliphatic carbocycles. The quantitative estimate of drug-likeness (QED) is 0.505. The van der Waals surface area contributed by atoms with Gasteiger partial charge in [-0.3, -0.25) is 4.79 Å². The van der Waals surface area contributed by atoms with Crippen LogP contribution in [0.2, 0.25) is 0 Å². The van der Waals surface area contributed by atoms with E-state index in [9.17, 15) is 15.3 Å². The van der Waals surface area contributed by atoms with Crippen LogP contribution in [-0.2, 0) is 11.3 Å². The highest BCUT2D eigenvalue weighted by atomic mass is 79.9. The summed E-state index contributed by atoms with van der Waals surface area (Å²) < 4.78 is 1.68. The van der Waals surface area contributed by atoms with Crippen molar-refractivity contribution in [2.45, 2.75) is 6.54 Å². The smallest absolute Gasteiger partial charge is 0.261 e. The second-order valence-corrected chi connectivity index (χ2v) is 6.89. The summed E-state index contributed by atoms with van der Waals surface area (Å²) >= 11 is 6.86. The van der Waals surface area contributed by atoms with Gasteiger partial charge in [-0.05, 0) is 29.8 Å². The van der Waals surface area contributed by atoms with Crippen molar-refractivity contribution in [2.75, 3.05) is 4.90 Å². The highest BCUT2D eigenvalue weighted by Crippen LogP contribution is 2.41. The molecule has 0 unspecified atom stereocenters. The summed E-state index contributed by atoms with van der Waals surface area (Å²) in [7, 11) is 0. The SMILES string of the molecule is N#CC(C#N)=C1C(=O)N(Cc2ccccc2Br)c2ccc(Br)cc21. The molecule has 0 bridgehead atoms. The Labute approximate surface area is 155 Å². The number of fused-ring (bicyclic) bond motifs is 1. The minimum atomic E-state index is -0.336. The monoisotopic (exact) mass is 441 g/mol. The fourth-order valence-corrected chi connectivity index (χ4v) is 3.41. The third kappa shape index (κ3) is 2.75. The number of hydrogen-bond donors (Lipinski definition) is 0. The van der Waals surface area contributed by atoms with E-state index in [4.69, 9.17) is 0 Å². The molecule has 1 heterocycles. The first-order valence-electron chi connectivity index (χ1n) is 6.96. The molecule has 1 aliphatic heterocycles. The van der Waals surface area contributed by atoms with Crippen LogP contribution in [0.25, 0.3) is 5.57 Å². The molecule has 0 radical (unpaired) electrons. The van der Waals surface area contributed by atoms with Crippen LogP contribution in [0.1, 0.15) is 11.1 Å². The number of anilines is 1. The van der Waals surface area contributed by atoms with Gasteiger partial charge >= 0.3 is 0 Å². The predicted octanol–water partition coefficient (Wildman–Crippen LogP) is 4.56. The fraction of sp³-hybridized carbons (Fsp3) is 0.0556. The van der Waals surface area contributed by atoms with E-state index in [1.165, 1.54) is 0 Å². The average molecular weight is 443 g/mol. The number of carbonyl (C=O) groups is 1. The first-order chi connectivity index (χ1) is 11.6. The molecule has 0 aromatic heterocycles. The maximum absolute atomic E-state index is 12.9. The Morgan fingerprint density at radius 3 is 2.46 bits per heavy atom. The van der Waals surface area contributed by atoms with Crippen molar-refractivity contribution in [3.05, 3.63) is 68.1 Å². The molecule has 116 valence electrons. The Kier molecular flexibility index (Phi) is 4.53. The minimum Gasteiger partial charge on any atom is -0.303 e. The molecule has 6 heteroatoms. The molecule has 0 spiro atoms. The second kappa shape index (κ2) is 6.60. The van der Waals surface area contributed by atoms with Gasteiger partial charge in [-0.15, -0.1) is 0 Å². The number of rotatable bonds is 2. The number of benzene rings is 2. The van der Waals surface area contributed by atoms with Gasteiger partial charge in [0.25, 0.3) is 5.91 Å². The highest BCUT2D eigenvalue weighted by Gasteiger charge is 2.35. The third-order valence-corrected chi connectivity index (χ3v) is 5.00. The zero-order valence-electron chi connectivity index (χ0n) is 12.3. The molecule has 4 nitrogen and oxygen atoms in total. The molecule has 0 atom stereocenters. The Morgan fingerprint density at radius 2 is 1.79 bits per heavy atom. The first-order valence-corrected chi connectivity index (χ1v) is 8.55. The van der Waals surface area contributed by atoms with Crippen LogP contribution in [0.15, 0.2) is 57.0 Å². The van der Waals surface area contributed by atoms with Gasteiger partial charge in [-0.1, -0.05) is 50.1 Å². The zero-order valence-corrected chi connectivity index (χ0v) is 15.4. The van der Waals surface area contributed by atoms with E-state index < -0.39 is 0 Å². The lowest BCUT2D eigenvalue weighted by Gasteiger charge is -2.18. The predicted molar refractivity (Wildman–Crippen MR) is 97.6 cm³/mol. The molecule has 0 N–H and O–H groups in total. The van der Waals surface area contributed by atoms with Crippen molar-refractivity contribution in [1.29, 1.82) is 10.5 Å². The normalized spacial score (nSPS) is 12.6. The largest absolute Gasteiger partial charge is 0.303 e. The summed E-state index contributed by atoms with van der Waals surface area (Å²) in [6, 6.07) is 16.7. The van der Waals surface area contributed by atoms with Crippen molar-refractivity contribution < 1.29 is 4.79 Å². The topological polar surface area (TPSA) is 67.9 Å². The second-order valence-electron chi connectivity index (χ2n) is 5.12. The number of hydrogen-bond acceptors (Lipinski definition) is 3. The van der Waals surface area contributed by atoms with Crippen molar-refractivity contribution in [1.82, 2.24) is 0 Å². The number of nitriles is 2. The summed E-state index contributed by atoms with van der Waals surface area (Å²) in [5.74, 6) is -0.336. The highest BCUT2D eigenvalue weighted by molar-refractivity contribution is 9.10. The number of amides is 1. The first kappa shape index (κ1) is 16.4. The summed E-state index contributed by atoms with van der Waals surface area (Å²) in [6.45, 7) is 0.350. The molecule has 0 saturated heterocycles.